The first-order valence-electron chi connectivity index (χ1n) is 8.40. The number of H-pyrrole nitrogens is 1. The molecule has 7 heteroatoms. The van der Waals surface area contributed by atoms with Gasteiger partial charge in [0.05, 0.1) is 17.3 Å². The fourth-order valence-electron chi connectivity index (χ4n) is 3.05. The quantitative estimate of drug-likeness (QED) is 0.895. The van der Waals surface area contributed by atoms with E-state index in [0.29, 0.717) is 43.0 Å². The molecule has 1 aliphatic heterocycles. The van der Waals surface area contributed by atoms with Crippen molar-refractivity contribution in [2.24, 2.45) is 5.92 Å². The van der Waals surface area contributed by atoms with E-state index in [1.165, 1.54) is 6.07 Å². The molecule has 2 aromatic rings. The zero-order chi connectivity index (χ0) is 17.8. The number of benzene rings is 1. The van der Waals surface area contributed by atoms with Crippen LogP contribution in [0.1, 0.15) is 31.0 Å². The number of hydrogen-bond acceptors (Lipinski definition) is 4. The van der Waals surface area contributed by atoms with Crippen LogP contribution in [0.25, 0.3) is 0 Å². The molecule has 1 aliphatic rings. The van der Waals surface area contributed by atoms with E-state index in [-0.39, 0.29) is 11.8 Å². The number of nitrogens with one attached hydrogen (secondary N) is 2. The Morgan fingerprint density at radius 1 is 1.44 bits per heavy atom. The van der Waals surface area contributed by atoms with Gasteiger partial charge in [-0.1, -0.05) is 6.92 Å². The van der Waals surface area contributed by atoms with Crippen LogP contribution in [0.2, 0.25) is 0 Å². The lowest BCUT2D eigenvalue weighted by atomic mass is 9.95. The number of carbonyl (C=O) groups excluding carboxylic acids is 1. The minimum absolute atomic E-state index is 0.0471. The van der Waals surface area contributed by atoms with Crippen molar-refractivity contribution < 1.29 is 9.18 Å². The molecule has 1 saturated heterocycles. The first kappa shape index (κ1) is 17.0. The van der Waals surface area contributed by atoms with Gasteiger partial charge < -0.3 is 10.2 Å². The molecule has 6 nitrogen and oxygen atoms in total. The molecule has 1 fully saturated rings. The summed E-state index contributed by atoms with van der Waals surface area (Å²) in [6.45, 7) is 3.21. The molecule has 0 saturated carbocycles. The normalized spacial score (nSPS) is 15.0. The molecule has 0 spiro atoms. The van der Waals surface area contributed by atoms with Crippen LogP contribution < -0.4 is 10.2 Å². The van der Waals surface area contributed by atoms with E-state index in [1.807, 2.05) is 24.0 Å². The SMILES string of the molecule is CCc1cc(NC(=O)C2CCN(c3ccc(C#N)cc3F)CC2)n[nH]1. The Balaban J connectivity index is 1.58. The molecule has 0 bridgehead atoms. The minimum Gasteiger partial charge on any atom is -0.369 e. The van der Waals surface area contributed by atoms with Crippen LogP contribution in [0.3, 0.4) is 0 Å². The summed E-state index contributed by atoms with van der Waals surface area (Å²) in [6, 6.07) is 8.25. The van der Waals surface area contributed by atoms with Crippen molar-refractivity contribution in [3.63, 3.8) is 0 Å². The largest absolute Gasteiger partial charge is 0.369 e. The van der Waals surface area contributed by atoms with Gasteiger partial charge in [-0.15, -0.1) is 0 Å². The Morgan fingerprint density at radius 3 is 2.80 bits per heavy atom. The van der Waals surface area contributed by atoms with Crippen LogP contribution >= 0.6 is 0 Å². The highest BCUT2D eigenvalue weighted by atomic mass is 19.1. The smallest absolute Gasteiger partial charge is 0.228 e. The maximum atomic E-state index is 14.1. The Bertz CT molecular complexity index is 802. The zero-order valence-electron chi connectivity index (χ0n) is 14.1. The van der Waals surface area contributed by atoms with Crippen molar-refractivity contribution in [1.82, 2.24) is 10.2 Å². The molecule has 130 valence electrons. The van der Waals surface area contributed by atoms with Crippen LogP contribution in [0.5, 0.6) is 0 Å². The average molecular weight is 341 g/mol. The van der Waals surface area contributed by atoms with E-state index in [0.717, 1.165) is 12.1 Å². The maximum absolute atomic E-state index is 14.1. The standard InChI is InChI=1S/C18H20FN5O/c1-2-14-10-17(23-22-14)21-18(25)13-5-7-24(8-6-13)16-4-3-12(11-20)9-15(16)19/h3-4,9-10,13H,2,5-8H2,1H3,(H2,21,22,23,25). The Morgan fingerprint density at radius 2 is 2.20 bits per heavy atom. The number of nitriles is 1. The first-order chi connectivity index (χ1) is 12.1. The summed E-state index contributed by atoms with van der Waals surface area (Å²) in [5, 5.41) is 18.6. The molecule has 0 atom stereocenters. The highest BCUT2D eigenvalue weighted by molar-refractivity contribution is 5.91. The van der Waals surface area contributed by atoms with Gasteiger partial charge in [0.15, 0.2) is 5.82 Å². The van der Waals surface area contributed by atoms with E-state index in [2.05, 4.69) is 15.5 Å². The summed E-state index contributed by atoms with van der Waals surface area (Å²) in [5.74, 6) is -0.0124. The number of nitrogens with zero attached hydrogens (tertiary/aromatic N) is 3. The summed E-state index contributed by atoms with van der Waals surface area (Å²) >= 11 is 0. The fraction of sp³-hybridized carbons (Fsp3) is 0.389. The minimum atomic E-state index is -0.398. The Labute approximate surface area is 145 Å². The molecule has 25 heavy (non-hydrogen) atoms. The second-order valence-corrected chi connectivity index (χ2v) is 6.16. The maximum Gasteiger partial charge on any atom is 0.228 e. The fourth-order valence-corrected chi connectivity index (χ4v) is 3.05. The first-order valence-corrected chi connectivity index (χ1v) is 8.40. The lowest BCUT2D eigenvalue weighted by molar-refractivity contribution is -0.120. The van der Waals surface area contributed by atoms with Gasteiger partial charge in [-0.05, 0) is 37.5 Å². The summed E-state index contributed by atoms with van der Waals surface area (Å²) in [4.78, 5) is 14.3. The predicted molar refractivity (Wildman–Crippen MR) is 92.6 cm³/mol. The molecule has 0 aliphatic carbocycles. The van der Waals surface area contributed by atoms with Gasteiger partial charge >= 0.3 is 0 Å². The van der Waals surface area contributed by atoms with Gasteiger partial charge in [-0.2, -0.15) is 10.4 Å². The number of halogens is 1. The van der Waals surface area contributed by atoms with E-state index in [9.17, 15) is 9.18 Å². The van der Waals surface area contributed by atoms with Gasteiger partial charge in [0.2, 0.25) is 5.91 Å². The molecule has 0 radical (unpaired) electrons. The molecule has 1 aromatic carbocycles. The third-order valence-electron chi connectivity index (χ3n) is 4.55. The summed E-state index contributed by atoms with van der Waals surface area (Å²) in [5.41, 5.74) is 1.76. The van der Waals surface area contributed by atoms with Crippen molar-refractivity contribution in [2.45, 2.75) is 26.2 Å². The monoisotopic (exact) mass is 341 g/mol. The van der Waals surface area contributed by atoms with Crippen LogP contribution in [-0.2, 0) is 11.2 Å². The van der Waals surface area contributed by atoms with Gasteiger partial charge in [0.1, 0.15) is 5.82 Å². The van der Waals surface area contributed by atoms with Gasteiger partial charge in [0, 0.05) is 30.8 Å². The molecule has 0 unspecified atom stereocenters. The zero-order valence-corrected chi connectivity index (χ0v) is 14.1. The second-order valence-electron chi connectivity index (χ2n) is 6.16. The average Bonchev–Trinajstić information content (AvgIpc) is 3.09. The van der Waals surface area contributed by atoms with Gasteiger partial charge in [-0.25, -0.2) is 4.39 Å². The second kappa shape index (κ2) is 7.34. The van der Waals surface area contributed by atoms with Crippen LogP contribution in [0.15, 0.2) is 24.3 Å². The number of aromatic amines is 1. The molecule has 3 rings (SSSR count). The van der Waals surface area contributed by atoms with Crippen LogP contribution in [-0.4, -0.2) is 29.2 Å². The van der Waals surface area contributed by atoms with Crippen LogP contribution in [0.4, 0.5) is 15.9 Å². The van der Waals surface area contributed by atoms with Crippen molar-refractivity contribution in [3.8, 4) is 6.07 Å². The number of hydrogen-bond donors (Lipinski definition) is 2. The van der Waals surface area contributed by atoms with E-state index in [1.54, 1.807) is 12.1 Å². The number of carbonyl (C=O) groups is 1. The van der Waals surface area contributed by atoms with Crippen molar-refractivity contribution in [2.75, 3.05) is 23.3 Å². The third-order valence-corrected chi connectivity index (χ3v) is 4.55. The molecule has 2 N–H and O–H groups in total. The number of anilines is 2. The van der Waals surface area contributed by atoms with Gasteiger partial charge in [-0.3, -0.25) is 9.89 Å². The molecule has 1 aromatic heterocycles. The molecular weight excluding hydrogens is 321 g/mol. The van der Waals surface area contributed by atoms with E-state index in [4.69, 9.17) is 5.26 Å². The van der Waals surface area contributed by atoms with Crippen LogP contribution in [0, 0.1) is 23.1 Å². The summed E-state index contributed by atoms with van der Waals surface area (Å²) in [7, 11) is 0. The van der Waals surface area contributed by atoms with E-state index < -0.39 is 5.82 Å². The molecule has 2 heterocycles. The lowest BCUT2D eigenvalue weighted by Crippen LogP contribution is -2.38. The molecular formula is C18H20FN5O. The van der Waals surface area contributed by atoms with Crippen molar-refractivity contribution >= 4 is 17.4 Å². The summed E-state index contributed by atoms with van der Waals surface area (Å²) < 4.78 is 14.1. The Hall–Kier alpha value is -2.88. The highest BCUT2D eigenvalue weighted by Crippen LogP contribution is 2.27. The highest BCUT2D eigenvalue weighted by Gasteiger charge is 2.26. The van der Waals surface area contributed by atoms with E-state index >= 15 is 0 Å². The predicted octanol–water partition coefficient (Wildman–Crippen LogP) is 2.84. The number of aromatic nitrogens is 2. The molecule has 1 amide bonds. The topological polar surface area (TPSA) is 84.8 Å². The number of aryl methyl sites for hydroxylation is 1. The van der Waals surface area contributed by atoms with Gasteiger partial charge in [0.25, 0.3) is 0 Å². The lowest BCUT2D eigenvalue weighted by Gasteiger charge is -2.33. The van der Waals surface area contributed by atoms with Crippen molar-refractivity contribution in [1.29, 1.82) is 5.26 Å². The van der Waals surface area contributed by atoms with Crippen molar-refractivity contribution in [3.05, 3.63) is 41.3 Å². The Kier molecular flexibility index (Phi) is 4.98. The number of amides is 1. The summed E-state index contributed by atoms with van der Waals surface area (Å²) in [6.07, 6.45) is 2.13. The third kappa shape index (κ3) is 3.79. The number of rotatable bonds is 4. The number of piperidine rings is 1.